The van der Waals surface area contributed by atoms with E-state index in [4.69, 9.17) is 0 Å². The number of hydrogen-bond acceptors (Lipinski definition) is 3. The van der Waals surface area contributed by atoms with Crippen molar-refractivity contribution in [2.45, 2.75) is 38.9 Å². The molecular formula is C14H21N3OS. The summed E-state index contributed by atoms with van der Waals surface area (Å²) >= 11 is 0. The summed E-state index contributed by atoms with van der Waals surface area (Å²) in [7, 11) is -2.13. The summed E-state index contributed by atoms with van der Waals surface area (Å²) in [6.45, 7) is 8.45. The van der Waals surface area contributed by atoms with Crippen molar-refractivity contribution in [2.24, 2.45) is 0 Å². The molecule has 2 aromatic heterocycles. The minimum atomic E-state index is -2.13. The van der Waals surface area contributed by atoms with Crippen molar-refractivity contribution in [1.29, 1.82) is 0 Å². The number of nitrogens with zero attached hydrogens (tertiary/aromatic N) is 3. The monoisotopic (exact) mass is 279 g/mol. The van der Waals surface area contributed by atoms with Crippen LogP contribution in [0.4, 0.5) is 0 Å². The van der Waals surface area contributed by atoms with Crippen molar-refractivity contribution in [3.63, 3.8) is 0 Å². The molecule has 1 atom stereocenters. The predicted molar refractivity (Wildman–Crippen MR) is 81.3 cm³/mol. The molecule has 0 aliphatic heterocycles. The van der Waals surface area contributed by atoms with Crippen molar-refractivity contribution < 1.29 is 4.21 Å². The van der Waals surface area contributed by atoms with Crippen LogP contribution in [0, 0.1) is 6.92 Å². The van der Waals surface area contributed by atoms with Crippen molar-refractivity contribution in [1.82, 2.24) is 14.6 Å². The van der Waals surface area contributed by atoms with Gasteiger partial charge in [-0.1, -0.05) is 26.8 Å². The average Bonchev–Trinajstić information content (AvgIpc) is 2.58. The molecule has 0 saturated carbocycles. The van der Waals surface area contributed by atoms with Gasteiger partial charge in [0.2, 0.25) is 0 Å². The van der Waals surface area contributed by atoms with E-state index in [0.717, 1.165) is 22.7 Å². The van der Waals surface area contributed by atoms with Crippen molar-refractivity contribution in [3.05, 3.63) is 29.2 Å². The van der Waals surface area contributed by atoms with Crippen molar-refractivity contribution >= 4 is 21.0 Å². The number of rotatable bonds is 2. The van der Waals surface area contributed by atoms with Gasteiger partial charge in [0.05, 0.1) is 5.75 Å². The Morgan fingerprint density at radius 3 is 2.47 bits per heavy atom. The Kier molecular flexibility index (Phi) is 3.21. The number of pyridine rings is 1. The van der Waals surface area contributed by atoms with Crippen LogP contribution in [0.25, 0.3) is 5.65 Å². The van der Waals surface area contributed by atoms with Crippen LogP contribution in [-0.4, -0.2) is 30.9 Å². The summed E-state index contributed by atoms with van der Waals surface area (Å²) in [5.41, 5.74) is 3.04. The Morgan fingerprint density at radius 2 is 1.95 bits per heavy atom. The lowest BCUT2D eigenvalue weighted by Gasteiger charge is -2.20. The van der Waals surface area contributed by atoms with Crippen LogP contribution < -0.4 is 0 Å². The van der Waals surface area contributed by atoms with Gasteiger partial charge in [-0.25, -0.2) is 0 Å². The van der Waals surface area contributed by atoms with Crippen LogP contribution in [0.2, 0.25) is 0 Å². The van der Waals surface area contributed by atoms with Gasteiger partial charge in [-0.05, 0) is 33.8 Å². The number of aryl methyl sites for hydroxylation is 1. The largest absolute Gasteiger partial charge is 0.283 e. The van der Waals surface area contributed by atoms with Gasteiger partial charge in [0, 0.05) is 17.5 Å². The highest BCUT2D eigenvalue weighted by atomic mass is 32.2. The molecule has 0 saturated heterocycles. The summed E-state index contributed by atoms with van der Waals surface area (Å²) in [5.74, 6) is 4.77. The summed E-state index contributed by atoms with van der Waals surface area (Å²) in [5, 5.41) is 8.50. The highest BCUT2D eigenvalue weighted by molar-refractivity contribution is 7.98. The summed E-state index contributed by atoms with van der Waals surface area (Å²) in [6.07, 6.45) is 1.65. The Hall–Kier alpha value is -1.36. The average molecular weight is 279 g/mol. The normalized spacial score (nSPS) is 15.6. The van der Waals surface area contributed by atoms with E-state index in [9.17, 15) is 4.21 Å². The van der Waals surface area contributed by atoms with Crippen LogP contribution in [0.3, 0.4) is 0 Å². The molecule has 1 unspecified atom stereocenters. The third-order valence-corrected chi connectivity index (χ3v) is 3.93. The van der Waals surface area contributed by atoms with Gasteiger partial charge in [0.25, 0.3) is 0 Å². The molecule has 2 rings (SSSR count). The molecule has 0 spiro atoms. The molecule has 104 valence electrons. The number of fused-ring (bicyclic) bond motifs is 1. The number of hydrogen-bond donors (Lipinski definition) is 0. The van der Waals surface area contributed by atoms with E-state index < -0.39 is 9.52 Å². The van der Waals surface area contributed by atoms with Gasteiger partial charge >= 0.3 is 0 Å². The molecule has 0 fully saturated rings. The molecular weight excluding hydrogens is 258 g/mol. The van der Waals surface area contributed by atoms with Crippen LogP contribution in [-0.2, 0) is 20.7 Å². The Balaban J connectivity index is 2.73. The van der Waals surface area contributed by atoms with Crippen molar-refractivity contribution in [2.75, 3.05) is 6.26 Å². The fraction of sp³-hybridized carbons (Fsp3) is 0.500. The van der Waals surface area contributed by atoms with Gasteiger partial charge in [-0.2, -0.15) is 0 Å². The van der Waals surface area contributed by atoms with Gasteiger partial charge in [-0.15, -0.1) is 10.2 Å². The maximum absolute atomic E-state index is 11.9. The van der Waals surface area contributed by atoms with Gasteiger partial charge < -0.3 is 0 Å². The predicted octanol–water partition coefficient (Wildman–Crippen LogP) is 2.18. The molecule has 0 aliphatic carbocycles. The zero-order chi connectivity index (χ0) is 14.4. The molecule has 0 aromatic carbocycles. The molecule has 0 N–H and O–H groups in total. The first-order valence-electron chi connectivity index (χ1n) is 6.23. The third kappa shape index (κ3) is 2.81. The fourth-order valence-electron chi connectivity index (χ4n) is 2.17. The van der Waals surface area contributed by atoms with E-state index >= 15 is 0 Å². The summed E-state index contributed by atoms with van der Waals surface area (Å²) in [6, 6.07) is 4.15. The van der Waals surface area contributed by atoms with Crippen molar-refractivity contribution in [3.8, 4) is 0 Å². The zero-order valence-electron chi connectivity index (χ0n) is 12.2. The Morgan fingerprint density at radius 1 is 1.32 bits per heavy atom. The van der Waals surface area contributed by atoms with Crippen LogP contribution in [0.1, 0.15) is 37.9 Å². The topological polar surface area (TPSA) is 47.3 Å². The first-order chi connectivity index (χ1) is 8.59. The van der Waals surface area contributed by atoms with Crippen LogP contribution in [0.15, 0.2) is 12.1 Å². The zero-order valence-corrected chi connectivity index (χ0v) is 13.0. The maximum Gasteiger partial charge on any atom is 0.164 e. The molecule has 19 heavy (non-hydrogen) atoms. The molecule has 4 nitrogen and oxygen atoms in total. The van der Waals surface area contributed by atoms with E-state index in [1.54, 1.807) is 6.26 Å². The van der Waals surface area contributed by atoms with Gasteiger partial charge in [0.15, 0.2) is 5.65 Å². The van der Waals surface area contributed by atoms with E-state index in [2.05, 4.69) is 49.0 Å². The third-order valence-electron chi connectivity index (χ3n) is 3.06. The Labute approximate surface area is 114 Å². The first-order valence-corrected chi connectivity index (χ1v) is 8.54. The second-order valence-corrected chi connectivity index (χ2v) is 8.90. The lowest BCUT2D eigenvalue weighted by atomic mass is 9.87. The second-order valence-electron chi connectivity index (χ2n) is 6.24. The quantitative estimate of drug-likeness (QED) is 0.792. The standard InChI is InChI=1S/C14H21N3OS/c1-10-7-8-11(14(2,3)4)13-16-15-12(17(10)13)9-19(5,6)18/h7-8H,5,9H2,1-4,6H3. The molecule has 0 bridgehead atoms. The molecule has 2 heterocycles. The first kappa shape index (κ1) is 14.1. The van der Waals surface area contributed by atoms with Crippen LogP contribution >= 0.6 is 0 Å². The summed E-state index contributed by atoms with van der Waals surface area (Å²) in [4.78, 5) is 0. The van der Waals surface area contributed by atoms with Crippen LogP contribution in [0.5, 0.6) is 0 Å². The lowest BCUT2D eigenvalue weighted by Crippen LogP contribution is -2.14. The maximum atomic E-state index is 11.9. The molecule has 0 aliphatic rings. The van der Waals surface area contributed by atoms with Gasteiger partial charge in [0.1, 0.15) is 5.82 Å². The molecule has 0 amide bonds. The lowest BCUT2D eigenvalue weighted by molar-refractivity contribution is 0.591. The van der Waals surface area contributed by atoms with E-state index in [0.29, 0.717) is 5.75 Å². The molecule has 0 radical (unpaired) electrons. The summed E-state index contributed by atoms with van der Waals surface area (Å²) < 4.78 is 13.9. The fourth-order valence-corrected chi connectivity index (χ4v) is 2.90. The minimum Gasteiger partial charge on any atom is -0.283 e. The second kappa shape index (κ2) is 4.34. The van der Waals surface area contributed by atoms with E-state index in [-0.39, 0.29) is 5.41 Å². The highest BCUT2D eigenvalue weighted by Crippen LogP contribution is 2.27. The van der Waals surface area contributed by atoms with E-state index in [1.165, 1.54) is 0 Å². The molecule has 5 heteroatoms. The van der Waals surface area contributed by atoms with Gasteiger partial charge in [-0.3, -0.25) is 8.61 Å². The Bertz CT molecular complexity index is 721. The highest BCUT2D eigenvalue weighted by Gasteiger charge is 2.21. The van der Waals surface area contributed by atoms with E-state index in [1.807, 2.05) is 11.3 Å². The minimum absolute atomic E-state index is 0.00264. The smallest absolute Gasteiger partial charge is 0.164 e. The number of aromatic nitrogens is 3. The molecule has 2 aromatic rings. The SMILES string of the molecule is C=S(C)(=O)Cc1nnc2c(C(C)(C)C)ccc(C)n12.